The van der Waals surface area contributed by atoms with Gasteiger partial charge in [0.15, 0.2) is 0 Å². The molecule has 6 heteroatoms. The fourth-order valence-electron chi connectivity index (χ4n) is 3.63. The van der Waals surface area contributed by atoms with Crippen LogP contribution in [-0.4, -0.2) is 51.7 Å². The van der Waals surface area contributed by atoms with Crippen LogP contribution in [0.15, 0.2) is 29.9 Å². The van der Waals surface area contributed by atoms with E-state index in [2.05, 4.69) is 21.4 Å². The zero-order chi connectivity index (χ0) is 15.6. The molecular weight excluding hydrogens is 308 g/mol. The van der Waals surface area contributed by atoms with Gasteiger partial charge in [0, 0.05) is 43.4 Å². The van der Waals surface area contributed by atoms with Gasteiger partial charge >= 0.3 is 0 Å². The number of hydrogen-bond acceptors (Lipinski definition) is 4. The van der Waals surface area contributed by atoms with E-state index in [1.54, 1.807) is 0 Å². The lowest BCUT2D eigenvalue weighted by molar-refractivity contribution is -0.134. The third-order valence-corrected chi connectivity index (χ3v) is 5.92. The molecule has 0 spiro atoms. The highest BCUT2D eigenvalue weighted by molar-refractivity contribution is 7.10. The Bertz CT molecular complexity index is 666. The summed E-state index contributed by atoms with van der Waals surface area (Å²) in [4.78, 5) is 18.5. The molecule has 1 amide bonds. The van der Waals surface area contributed by atoms with E-state index in [1.807, 2.05) is 39.4 Å². The molecule has 5 nitrogen and oxygen atoms in total. The van der Waals surface area contributed by atoms with Gasteiger partial charge in [0.05, 0.1) is 12.6 Å². The van der Waals surface area contributed by atoms with Crippen LogP contribution in [0, 0.1) is 0 Å². The molecule has 2 aromatic rings. The van der Waals surface area contributed by atoms with E-state index in [-0.39, 0.29) is 5.91 Å². The number of fused-ring (bicyclic) bond motifs is 1. The summed E-state index contributed by atoms with van der Waals surface area (Å²) in [6, 6.07) is 4.48. The average molecular weight is 330 g/mol. The Morgan fingerprint density at radius 2 is 2.35 bits per heavy atom. The van der Waals surface area contributed by atoms with Crippen molar-refractivity contribution in [2.24, 2.45) is 0 Å². The molecule has 0 bridgehead atoms. The van der Waals surface area contributed by atoms with Gasteiger partial charge in [-0.15, -0.1) is 11.3 Å². The lowest BCUT2D eigenvalue weighted by Crippen LogP contribution is -2.46. The molecule has 4 rings (SSSR count). The van der Waals surface area contributed by atoms with Crippen LogP contribution in [0.2, 0.25) is 0 Å². The molecule has 0 saturated carbocycles. The number of likely N-dealkylation sites (tertiary alicyclic amines) is 1. The highest BCUT2D eigenvalue weighted by Crippen LogP contribution is 2.25. The smallest absolute Gasteiger partial charge is 0.236 e. The molecule has 0 N–H and O–H groups in total. The Balaban J connectivity index is 1.36. The fourth-order valence-corrected chi connectivity index (χ4v) is 4.52. The molecular formula is C17H22N4OS. The van der Waals surface area contributed by atoms with E-state index in [0.29, 0.717) is 12.6 Å². The third-order valence-electron chi connectivity index (χ3n) is 4.89. The number of thiophene rings is 1. The molecule has 1 atom stereocenters. The van der Waals surface area contributed by atoms with Crippen LogP contribution in [0.4, 0.5) is 0 Å². The minimum Gasteiger partial charge on any atom is -0.339 e. The predicted octanol–water partition coefficient (Wildman–Crippen LogP) is 2.17. The quantitative estimate of drug-likeness (QED) is 0.866. The molecule has 0 unspecified atom stereocenters. The summed E-state index contributed by atoms with van der Waals surface area (Å²) < 4.78 is 2.00. The molecule has 1 fully saturated rings. The normalized spacial score (nSPS) is 22.1. The van der Waals surface area contributed by atoms with Crippen molar-refractivity contribution < 1.29 is 4.79 Å². The lowest BCUT2D eigenvalue weighted by atomic mass is 10.1. The van der Waals surface area contributed by atoms with Crippen LogP contribution in [0.1, 0.15) is 29.3 Å². The monoisotopic (exact) mass is 330 g/mol. The van der Waals surface area contributed by atoms with Crippen molar-refractivity contribution in [2.75, 3.05) is 26.2 Å². The molecule has 122 valence electrons. The van der Waals surface area contributed by atoms with Crippen molar-refractivity contribution >= 4 is 17.2 Å². The van der Waals surface area contributed by atoms with Gasteiger partial charge in [0.2, 0.25) is 5.91 Å². The fraction of sp³-hybridized carbons (Fsp3) is 0.529. The van der Waals surface area contributed by atoms with Gasteiger partial charge in [0.1, 0.15) is 0 Å². The first-order chi connectivity index (χ1) is 11.3. The number of piperidine rings is 1. The van der Waals surface area contributed by atoms with Crippen LogP contribution in [0.5, 0.6) is 0 Å². The number of carbonyl (C=O) groups excluding carboxylic acids is 1. The van der Waals surface area contributed by atoms with Crippen molar-refractivity contribution in [2.45, 2.75) is 31.8 Å². The van der Waals surface area contributed by atoms with E-state index >= 15 is 0 Å². The SMILES string of the molecule is O=C(CN1CCc2sccc2C1)N1CCC[C@@H](n2cccn2)C1. The first kappa shape index (κ1) is 14.9. The first-order valence-corrected chi connectivity index (χ1v) is 9.22. The maximum atomic E-state index is 12.7. The molecule has 0 aliphatic carbocycles. The summed E-state index contributed by atoms with van der Waals surface area (Å²) in [5, 5.41) is 6.50. The lowest BCUT2D eigenvalue weighted by Gasteiger charge is -2.35. The number of amides is 1. The van der Waals surface area contributed by atoms with Gasteiger partial charge < -0.3 is 4.90 Å². The maximum Gasteiger partial charge on any atom is 0.236 e. The summed E-state index contributed by atoms with van der Waals surface area (Å²) in [5.41, 5.74) is 1.40. The second kappa shape index (κ2) is 6.45. The van der Waals surface area contributed by atoms with Gasteiger partial charge in [-0.25, -0.2) is 0 Å². The summed E-state index contributed by atoms with van der Waals surface area (Å²) >= 11 is 1.84. The van der Waals surface area contributed by atoms with E-state index in [9.17, 15) is 4.79 Å². The van der Waals surface area contributed by atoms with Crippen molar-refractivity contribution in [3.8, 4) is 0 Å². The van der Waals surface area contributed by atoms with Crippen molar-refractivity contribution in [3.05, 3.63) is 40.3 Å². The molecule has 0 radical (unpaired) electrons. The van der Waals surface area contributed by atoms with Crippen molar-refractivity contribution in [3.63, 3.8) is 0 Å². The molecule has 4 heterocycles. The van der Waals surface area contributed by atoms with Crippen LogP contribution < -0.4 is 0 Å². The van der Waals surface area contributed by atoms with E-state index in [0.717, 1.165) is 45.4 Å². The minimum atomic E-state index is 0.264. The van der Waals surface area contributed by atoms with E-state index in [1.165, 1.54) is 10.4 Å². The molecule has 2 aromatic heterocycles. The summed E-state index contributed by atoms with van der Waals surface area (Å²) in [5.74, 6) is 0.264. The second-order valence-electron chi connectivity index (χ2n) is 6.45. The van der Waals surface area contributed by atoms with Gasteiger partial charge in [-0.2, -0.15) is 5.10 Å². The Labute approximate surface area is 140 Å². The maximum absolute atomic E-state index is 12.7. The zero-order valence-corrected chi connectivity index (χ0v) is 14.0. The molecule has 0 aromatic carbocycles. The van der Waals surface area contributed by atoms with Crippen molar-refractivity contribution in [1.29, 1.82) is 0 Å². The molecule has 2 aliphatic rings. The highest BCUT2D eigenvalue weighted by Gasteiger charge is 2.27. The van der Waals surface area contributed by atoms with Gasteiger partial charge in [-0.05, 0) is 42.3 Å². The van der Waals surface area contributed by atoms with E-state index in [4.69, 9.17) is 0 Å². The molecule has 2 aliphatic heterocycles. The Morgan fingerprint density at radius 3 is 3.22 bits per heavy atom. The Kier molecular flexibility index (Phi) is 4.18. The molecule has 1 saturated heterocycles. The standard InChI is InChI=1S/C17H22N4OS/c22-17(13-19-9-4-16-14(11-19)5-10-23-16)20-7-1-3-15(12-20)21-8-2-6-18-21/h2,5-6,8,10,15H,1,3-4,7,9,11-13H2/t15-/m1/s1. The number of rotatable bonds is 3. The van der Waals surface area contributed by atoms with Crippen LogP contribution in [0.3, 0.4) is 0 Å². The zero-order valence-electron chi connectivity index (χ0n) is 13.2. The first-order valence-electron chi connectivity index (χ1n) is 8.34. The van der Waals surface area contributed by atoms with Gasteiger partial charge in [-0.1, -0.05) is 0 Å². The van der Waals surface area contributed by atoms with Crippen molar-refractivity contribution in [1.82, 2.24) is 19.6 Å². The second-order valence-corrected chi connectivity index (χ2v) is 7.45. The number of carbonyl (C=O) groups is 1. The van der Waals surface area contributed by atoms with Gasteiger partial charge in [-0.3, -0.25) is 14.4 Å². The topological polar surface area (TPSA) is 41.4 Å². The number of aromatic nitrogens is 2. The third kappa shape index (κ3) is 3.19. The number of nitrogens with zero attached hydrogens (tertiary/aromatic N) is 4. The highest BCUT2D eigenvalue weighted by atomic mass is 32.1. The minimum absolute atomic E-state index is 0.264. The predicted molar refractivity (Wildman–Crippen MR) is 90.4 cm³/mol. The van der Waals surface area contributed by atoms with Gasteiger partial charge in [0.25, 0.3) is 0 Å². The summed E-state index contributed by atoms with van der Waals surface area (Å²) in [7, 11) is 0. The van der Waals surface area contributed by atoms with Crippen LogP contribution in [-0.2, 0) is 17.8 Å². The average Bonchev–Trinajstić information content (AvgIpc) is 3.26. The summed E-state index contributed by atoms with van der Waals surface area (Å²) in [6.45, 7) is 4.13. The van der Waals surface area contributed by atoms with Crippen LogP contribution >= 0.6 is 11.3 Å². The number of hydrogen-bond donors (Lipinski definition) is 0. The Hall–Kier alpha value is -1.66. The summed E-state index contributed by atoms with van der Waals surface area (Å²) in [6.07, 6.45) is 7.06. The van der Waals surface area contributed by atoms with Crippen LogP contribution in [0.25, 0.3) is 0 Å². The molecule has 23 heavy (non-hydrogen) atoms. The largest absolute Gasteiger partial charge is 0.339 e. The Morgan fingerprint density at radius 1 is 1.39 bits per heavy atom. The van der Waals surface area contributed by atoms with E-state index < -0.39 is 0 Å².